The van der Waals surface area contributed by atoms with Gasteiger partial charge < -0.3 is 9.13 Å². The van der Waals surface area contributed by atoms with E-state index in [0.717, 1.165) is 12.1 Å². The molecule has 4 aromatic rings. The van der Waals surface area contributed by atoms with Gasteiger partial charge >= 0.3 is 6.18 Å². The Hall–Kier alpha value is -3.47. The number of aryl methyl sites for hydroxylation is 1. The number of benzene rings is 3. The van der Waals surface area contributed by atoms with E-state index in [4.69, 9.17) is 0 Å². The molecule has 0 atom stereocenters. The lowest BCUT2D eigenvalue weighted by atomic mass is 10.1. The molecule has 0 saturated carbocycles. The molecular formula is C23H18F5N3O2S. The van der Waals surface area contributed by atoms with Crippen molar-refractivity contribution >= 4 is 21.1 Å². The van der Waals surface area contributed by atoms with E-state index in [1.165, 1.54) is 33.4 Å². The third-order valence-electron chi connectivity index (χ3n) is 5.18. The topological polar surface area (TPSA) is 56.4 Å². The summed E-state index contributed by atoms with van der Waals surface area (Å²) in [6.07, 6.45) is -4.85. The van der Waals surface area contributed by atoms with E-state index >= 15 is 0 Å². The summed E-state index contributed by atoms with van der Waals surface area (Å²) in [6, 6.07) is 16.5. The fourth-order valence-electron chi connectivity index (χ4n) is 3.66. The van der Waals surface area contributed by atoms with Crippen LogP contribution in [0.5, 0.6) is 0 Å². The first-order chi connectivity index (χ1) is 16.1. The number of alkyl halides is 4. The molecule has 34 heavy (non-hydrogen) atoms. The van der Waals surface area contributed by atoms with E-state index < -0.39 is 34.3 Å². The maximum atomic E-state index is 14.2. The summed E-state index contributed by atoms with van der Waals surface area (Å²) >= 11 is 0. The second-order valence-electron chi connectivity index (χ2n) is 7.41. The fraction of sp³-hybridized carbons (Fsp3) is 0.174. The van der Waals surface area contributed by atoms with Crippen molar-refractivity contribution in [1.29, 1.82) is 0 Å². The Bertz CT molecular complexity index is 1510. The third-order valence-corrected chi connectivity index (χ3v) is 6.45. The molecule has 0 amide bonds. The van der Waals surface area contributed by atoms with Crippen molar-refractivity contribution in [3.8, 4) is 0 Å². The van der Waals surface area contributed by atoms with Crippen molar-refractivity contribution in [2.24, 2.45) is 4.40 Å². The van der Waals surface area contributed by atoms with Crippen molar-refractivity contribution in [3.05, 3.63) is 95.4 Å². The Morgan fingerprint density at radius 3 is 2.06 bits per heavy atom. The van der Waals surface area contributed by atoms with Gasteiger partial charge in [0.05, 0.1) is 34.6 Å². The number of hydrogen-bond donors (Lipinski definition) is 0. The van der Waals surface area contributed by atoms with Crippen molar-refractivity contribution in [3.63, 3.8) is 0 Å². The van der Waals surface area contributed by atoms with Crippen LogP contribution < -0.4 is 5.62 Å². The van der Waals surface area contributed by atoms with Crippen LogP contribution in [0.1, 0.15) is 11.1 Å². The van der Waals surface area contributed by atoms with Gasteiger partial charge in [0.1, 0.15) is 12.5 Å². The van der Waals surface area contributed by atoms with Gasteiger partial charge in [0, 0.05) is 0 Å². The van der Waals surface area contributed by atoms with E-state index in [2.05, 4.69) is 4.40 Å². The molecule has 0 saturated heterocycles. The summed E-state index contributed by atoms with van der Waals surface area (Å²) in [5, 5.41) is 0. The Balaban J connectivity index is 1.94. The number of sulfonamides is 1. The summed E-state index contributed by atoms with van der Waals surface area (Å²) in [6.45, 7) is -1.22. The van der Waals surface area contributed by atoms with Gasteiger partial charge in [-0.1, -0.05) is 36.4 Å². The van der Waals surface area contributed by atoms with Crippen LogP contribution in [0.15, 0.2) is 82.1 Å². The molecule has 0 bridgehead atoms. The minimum Gasteiger partial charge on any atom is -0.307 e. The Morgan fingerprint density at radius 1 is 0.853 bits per heavy atom. The van der Waals surface area contributed by atoms with E-state index in [1.807, 2.05) is 0 Å². The average molecular weight is 495 g/mol. The second kappa shape index (κ2) is 9.05. The summed E-state index contributed by atoms with van der Waals surface area (Å²) in [5.41, 5.74) is -0.472. The Morgan fingerprint density at radius 2 is 1.47 bits per heavy atom. The third kappa shape index (κ3) is 4.60. The van der Waals surface area contributed by atoms with Gasteiger partial charge in [-0.2, -0.15) is 21.6 Å². The zero-order valence-electron chi connectivity index (χ0n) is 17.5. The van der Waals surface area contributed by atoms with Crippen LogP contribution in [0.25, 0.3) is 11.0 Å². The van der Waals surface area contributed by atoms with Gasteiger partial charge in [0.25, 0.3) is 10.0 Å². The van der Waals surface area contributed by atoms with Gasteiger partial charge in [-0.25, -0.2) is 8.78 Å². The first-order valence-corrected chi connectivity index (χ1v) is 11.5. The molecule has 0 fully saturated rings. The highest BCUT2D eigenvalue weighted by Crippen LogP contribution is 2.31. The molecular weight excluding hydrogens is 477 g/mol. The van der Waals surface area contributed by atoms with Crippen LogP contribution in [0, 0.1) is 5.82 Å². The molecule has 1 heterocycles. The Kier molecular flexibility index (Phi) is 6.30. The van der Waals surface area contributed by atoms with Gasteiger partial charge in [-0.15, -0.1) is 4.40 Å². The maximum Gasteiger partial charge on any atom is 0.419 e. The molecule has 178 valence electrons. The van der Waals surface area contributed by atoms with Crippen molar-refractivity contribution in [2.45, 2.75) is 24.2 Å². The highest BCUT2D eigenvalue weighted by Gasteiger charge is 2.34. The molecule has 1 aromatic heterocycles. The molecule has 0 aliphatic heterocycles. The zero-order chi connectivity index (χ0) is 24.5. The molecule has 0 spiro atoms. The summed E-state index contributed by atoms with van der Waals surface area (Å²) < 4.78 is 99.1. The second-order valence-corrected chi connectivity index (χ2v) is 9.01. The molecule has 5 nitrogen and oxygen atoms in total. The van der Waals surface area contributed by atoms with E-state index in [9.17, 15) is 30.4 Å². The smallest absolute Gasteiger partial charge is 0.307 e. The van der Waals surface area contributed by atoms with Gasteiger partial charge in [0.15, 0.2) is 0 Å². The van der Waals surface area contributed by atoms with Crippen LogP contribution in [0.2, 0.25) is 0 Å². The molecule has 3 aromatic carbocycles. The Labute approximate surface area is 191 Å². The monoisotopic (exact) mass is 495 g/mol. The highest BCUT2D eigenvalue weighted by molar-refractivity contribution is 7.90. The average Bonchev–Trinajstić information content (AvgIpc) is 3.06. The first-order valence-electron chi connectivity index (χ1n) is 10.1. The minimum atomic E-state index is -4.85. The largest absolute Gasteiger partial charge is 0.419 e. The standard InChI is InChI=1S/C23H18F5N3O2S/c24-12-13-30-20-8-4-5-9-21(20)31(15-16-10-11-18(19(25)14-16)23(26,27)28)22(30)29-34(32,33)17-6-2-1-3-7-17/h1-11,14H,12-13,15H2. The van der Waals surface area contributed by atoms with Gasteiger partial charge in [-0.3, -0.25) is 0 Å². The van der Waals surface area contributed by atoms with Crippen LogP contribution in [-0.2, 0) is 29.3 Å². The maximum absolute atomic E-state index is 14.2. The van der Waals surface area contributed by atoms with Crippen LogP contribution in [-0.4, -0.2) is 24.2 Å². The lowest BCUT2D eigenvalue weighted by molar-refractivity contribution is -0.140. The van der Waals surface area contributed by atoms with E-state index in [-0.39, 0.29) is 29.2 Å². The lowest BCUT2D eigenvalue weighted by Gasteiger charge is -2.11. The van der Waals surface area contributed by atoms with E-state index in [0.29, 0.717) is 17.1 Å². The number of nitrogens with zero attached hydrogens (tertiary/aromatic N) is 3. The molecule has 0 aliphatic carbocycles. The molecule has 0 unspecified atom stereocenters. The summed E-state index contributed by atoms with van der Waals surface area (Å²) in [4.78, 5) is -0.0841. The quantitative estimate of drug-likeness (QED) is 0.357. The summed E-state index contributed by atoms with van der Waals surface area (Å²) in [5.74, 6) is -1.45. The molecule has 4 rings (SSSR count). The number of hydrogen-bond acceptors (Lipinski definition) is 2. The number of para-hydroxylation sites is 2. The number of fused-ring (bicyclic) bond motifs is 1. The van der Waals surface area contributed by atoms with Crippen molar-refractivity contribution in [2.75, 3.05) is 6.67 Å². The predicted octanol–water partition coefficient (Wildman–Crippen LogP) is 4.91. The predicted molar refractivity (Wildman–Crippen MR) is 116 cm³/mol. The highest BCUT2D eigenvalue weighted by atomic mass is 32.2. The zero-order valence-corrected chi connectivity index (χ0v) is 18.3. The van der Waals surface area contributed by atoms with Gasteiger partial charge in [-0.05, 0) is 42.0 Å². The van der Waals surface area contributed by atoms with Crippen molar-refractivity contribution in [1.82, 2.24) is 9.13 Å². The molecule has 0 aliphatic rings. The number of imidazole rings is 1. The minimum absolute atomic E-state index is 0.0841. The van der Waals surface area contributed by atoms with E-state index in [1.54, 1.807) is 30.3 Å². The number of rotatable bonds is 6. The fourth-order valence-corrected chi connectivity index (χ4v) is 4.68. The van der Waals surface area contributed by atoms with Crippen LogP contribution in [0.3, 0.4) is 0 Å². The SMILES string of the molecule is O=S(=O)(N=c1n(CCF)c2ccccc2n1Cc1ccc(C(F)(F)F)c(F)c1)c1ccccc1. The molecule has 0 N–H and O–H groups in total. The van der Waals surface area contributed by atoms with Crippen LogP contribution in [0.4, 0.5) is 22.0 Å². The van der Waals surface area contributed by atoms with Gasteiger partial charge in [0.2, 0.25) is 5.62 Å². The molecule has 11 heteroatoms. The summed E-state index contributed by atoms with van der Waals surface area (Å²) in [7, 11) is -4.21. The van der Waals surface area contributed by atoms with Crippen molar-refractivity contribution < 1.29 is 30.4 Å². The lowest BCUT2D eigenvalue weighted by Crippen LogP contribution is -2.29. The number of aromatic nitrogens is 2. The first kappa shape index (κ1) is 23.7. The number of halogens is 5. The van der Waals surface area contributed by atoms with Crippen LogP contribution >= 0.6 is 0 Å². The normalized spacial score (nSPS) is 13.0. The molecule has 0 radical (unpaired) electrons.